The fourth-order valence-corrected chi connectivity index (χ4v) is 4.35. The maximum Gasteiger partial charge on any atom is 0.470 e. The van der Waals surface area contributed by atoms with Crippen molar-refractivity contribution in [1.82, 2.24) is 14.5 Å². The van der Waals surface area contributed by atoms with Gasteiger partial charge >= 0.3 is 12.1 Å². The molecule has 1 aliphatic heterocycles. The zero-order chi connectivity index (χ0) is 18.2. The van der Waals surface area contributed by atoms with E-state index in [4.69, 9.17) is 0 Å². The number of halogens is 4. The van der Waals surface area contributed by atoms with E-state index in [0.29, 0.717) is 12.8 Å². The van der Waals surface area contributed by atoms with E-state index in [2.05, 4.69) is 30.5 Å². The van der Waals surface area contributed by atoms with Crippen LogP contribution in [0.25, 0.3) is 0 Å². The number of aromatic nitrogens is 2. The maximum absolute atomic E-state index is 12.6. The quantitative estimate of drug-likeness (QED) is 0.731. The van der Waals surface area contributed by atoms with Crippen LogP contribution in [0.15, 0.2) is 38.1 Å². The molecule has 0 saturated carbocycles. The van der Waals surface area contributed by atoms with Gasteiger partial charge in [-0.1, -0.05) is 15.9 Å². The fourth-order valence-electron chi connectivity index (χ4n) is 2.61. The predicted octanol–water partition coefficient (Wildman–Crippen LogP) is 3.42. The van der Waals surface area contributed by atoms with Crippen molar-refractivity contribution in [1.29, 1.82) is 0 Å². The van der Waals surface area contributed by atoms with Gasteiger partial charge in [0.25, 0.3) is 0 Å². The van der Waals surface area contributed by atoms with Crippen LogP contribution >= 0.6 is 15.9 Å². The summed E-state index contributed by atoms with van der Waals surface area (Å²) in [7, 11) is -3.64. The Morgan fingerprint density at radius 1 is 1.12 bits per heavy atom. The third kappa shape index (κ3) is 3.87. The first-order chi connectivity index (χ1) is 11.7. The maximum atomic E-state index is 12.6. The summed E-state index contributed by atoms with van der Waals surface area (Å²) >= 11 is 3.25. The van der Waals surface area contributed by atoms with E-state index >= 15 is 0 Å². The van der Waals surface area contributed by atoms with Crippen LogP contribution in [0.1, 0.15) is 30.5 Å². The third-order valence-corrected chi connectivity index (χ3v) is 6.38. The minimum atomic E-state index is -4.68. The molecule has 0 spiro atoms. The van der Waals surface area contributed by atoms with E-state index in [1.54, 1.807) is 12.1 Å². The number of hydrogen-bond donors (Lipinski definition) is 0. The molecule has 1 saturated heterocycles. The summed E-state index contributed by atoms with van der Waals surface area (Å²) < 4.78 is 69.5. The lowest BCUT2D eigenvalue weighted by Crippen LogP contribution is -2.37. The van der Waals surface area contributed by atoms with Gasteiger partial charge in [0.1, 0.15) is 0 Å². The molecular formula is C14H13BrF3N3O3S. The highest BCUT2D eigenvalue weighted by atomic mass is 79.9. The first-order valence-electron chi connectivity index (χ1n) is 7.34. The van der Waals surface area contributed by atoms with Gasteiger partial charge < -0.3 is 4.42 Å². The van der Waals surface area contributed by atoms with Crippen molar-refractivity contribution >= 4 is 26.0 Å². The summed E-state index contributed by atoms with van der Waals surface area (Å²) in [4.78, 5) is 0.172. The lowest BCUT2D eigenvalue weighted by atomic mass is 9.98. The molecule has 1 aromatic carbocycles. The first-order valence-corrected chi connectivity index (χ1v) is 9.57. The highest BCUT2D eigenvalue weighted by Gasteiger charge is 2.39. The Morgan fingerprint density at radius 2 is 1.72 bits per heavy atom. The molecule has 136 valence electrons. The van der Waals surface area contributed by atoms with Gasteiger partial charge in [0, 0.05) is 23.5 Å². The Labute approximate surface area is 150 Å². The summed E-state index contributed by atoms with van der Waals surface area (Å²) in [6.07, 6.45) is -4.05. The number of nitrogens with zero attached hydrogens (tertiary/aromatic N) is 3. The Kier molecular flexibility index (Phi) is 4.91. The van der Waals surface area contributed by atoms with Gasteiger partial charge in [-0.25, -0.2) is 8.42 Å². The zero-order valence-corrected chi connectivity index (χ0v) is 15.1. The Hall–Kier alpha value is -1.46. The molecule has 1 aliphatic rings. The third-order valence-electron chi connectivity index (χ3n) is 3.94. The monoisotopic (exact) mass is 439 g/mol. The highest BCUT2D eigenvalue weighted by Crippen LogP contribution is 2.33. The summed E-state index contributed by atoms with van der Waals surface area (Å²) in [5, 5.41) is 6.46. The molecule has 0 N–H and O–H groups in total. The molecule has 0 amide bonds. The molecule has 3 rings (SSSR count). The SMILES string of the molecule is O=S(=O)(c1ccc(Br)cc1)N1CCC(c2nnc(C(F)(F)F)o2)CC1. The molecule has 1 aromatic heterocycles. The van der Waals surface area contributed by atoms with Crippen LogP contribution in [-0.2, 0) is 16.2 Å². The zero-order valence-electron chi connectivity index (χ0n) is 12.7. The summed E-state index contributed by atoms with van der Waals surface area (Å²) in [5.41, 5.74) is 0. The van der Waals surface area contributed by atoms with Crippen LogP contribution in [-0.4, -0.2) is 36.0 Å². The second-order valence-electron chi connectivity index (χ2n) is 5.58. The van der Waals surface area contributed by atoms with Crippen molar-refractivity contribution < 1.29 is 26.0 Å². The van der Waals surface area contributed by atoms with Gasteiger partial charge in [-0.15, -0.1) is 10.2 Å². The topological polar surface area (TPSA) is 76.3 Å². The van der Waals surface area contributed by atoms with Crippen LogP contribution in [0.2, 0.25) is 0 Å². The van der Waals surface area contributed by atoms with Gasteiger partial charge in [-0.3, -0.25) is 0 Å². The molecule has 25 heavy (non-hydrogen) atoms. The van der Waals surface area contributed by atoms with Crippen molar-refractivity contribution in [2.24, 2.45) is 0 Å². The molecule has 11 heteroatoms. The fraction of sp³-hybridized carbons (Fsp3) is 0.429. The molecule has 0 unspecified atom stereocenters. The van der Waals surface area contributed by atoms with Gasteiger partial charge in [0.05, 0.1) is 4.90 Å². The lowest BCUT2D eigenvalue weighted by molar-refractivity contribution is -0.157. The van der Waals surface area contributed by atoms with Crippen LogP contribution in [0.5, 0.6) is 0 Å². The molecule has 0 radical (unpaired) electrons. The van der Waals surface area contributed by atoms with Gasteiger partial charge in [-0.2, -0.15) is 17.5 Å². The van der Waals surface area contributed by atoms with Crippen molar-refractivity contribution in [3.63, 3.8) is 0 Å². The highest BCUT2D eigenvalue weighted by molar-refractivity contribution is 9.10. The summed E-state index contributed by atoms with van der Waals surface area (Å²) in [6, 6.07) is 6.27. The largest absolute Gasteiger partial charge is 0.470 e. The van der Waals surface area contributed by atoms with Crippen molar-refractivity contribution in [3.05, 3.63) is 40.5 Å². The number of benzene rings is 1. The number of rotatable bonds is 3. The van der Waals surface area contributed by atoms with E-state index in [0.717, 1.165) is 4.47 Å². The van der Waals surface area contributed by atoms with Crippen LogP contribution < -0.4 is 0 Å². The number of alkyl halides is 3. The molecule has 1 fully saturated rings. The Bertz CT molecular complexity index is 844. The number of piperidine rings is 1. The van der Waals surface area contributed by atoms with Gasteiger partial charge in [-0.05, 0) is 37.1 Å². The summed E-state index contributed by atoms with van der Waals surface area (Å²) in [5.74, 6) is -1.87. The van der Waals surface area contributed by atoms with Gasteiger partial charge in [0.15, 0.2) is 0 Å². The number of hydrogen-bond acceptors (Lipinski definition) is 5. The minimum absolute atomic E-state index is 0.104. The normalized spacial score (nSPS) is 17.8. The average molecular weight is 440 g/mol. The van der Waals surface area contributed by atoms with E-state index in [1.165, 1.54) is 16.4 Å². The van der Waals surface area contributed by atoms with Crippen LogP contribution in [0.3, 0.4) is 0 Å². The molecule has 0 atom stereocenters. The molecule has 6 nitrogen and oxygen atoms in total. The van der Waals surface area contributed by atoms with E-state index in [1.807, 2.05) is 0 Å². The minimum Gasteiger partial charge on any atom is -0.417 e. The van der Waals surface area contributed by atoms with E-state index in [9.17, 15) is 21.6 Å². The van der Waals surface area contributed by atoms with Crippen molar-refractivity contribution in [2.45, 2.75) is 29.8 Å². The van der Waals surface area contributed by atoms with E-state index in [-0.39, 0.29) is 29.8 Å². The lowest BCUT2D eigenvalue weighted by Gasteiger charge is -2.29. The molecular weight excluding hydrogens is 427 g/mol. The molecule has 2 aromatic rings. The smallest absolute Gasteiger partial charge is 0.417 e. The number of sulfonamides is 1. The van der Waals surface area contributed by atoms with Crippen LogP contribution in [0.4, 0.5) is 13.2 Å². The summed E-state index contributed by atoms with van der Waals surface area (Å²) in [6.45, 7) is 0.347. The molecule has 0 aliphatic carbocycles. The van der Waals surface area contributed by atoms with Gasteiger partial charge in [0.2, 0.25) is 15.9 Å². The standard InChI is InChI=1S/C14H13BrF3N3O3S/c15-10-1-3-11(4-2-10)25(22,23)21-7-5-9(6-8-21)12-19-20-13(24-12)14(16,17)18/h1-4,9H,5-8H2. The van der Waals surface area contributed by atoms with Crippen molar-refractivity contribution in [2.75, 3.05) is 13.1 Å². The Balaban J connectivity index is 1.69. The Morgan fingerprint density at radius 3 is 2.24 bits per heavy atom. The van der Waals surface area contributed by atoms with E-state index < -0.39 is 22.1 Å². The average Bonchev–Trinajstić information content (AvgIpc) is 3.06. The molecule has 2 heterocycles. The predicted molar refractivity (Wildman–Crippen MR) is 84.2 cm³/mol. The first kappa shape index (κ1) is 18.3. The van der Waals surface area contributed by atoms with Crippen LogP contribution in [0, 0.1) is 0 Å². The molecule has 0 bridgehead atoms. The van der Waals surface area contributed by atoms with Crippen molar-refractivity contribution in [3.8, 4) is 0 Å². The second kappa shape index (κ2) is 6.69. The second-order valence-corrected chi connectivity index (χ2v) is 8.43.